The second-order valence-corrected chi connectivity index (χ2v) is 6.39. The number of benzene rings is 3. The number of anilines is 1. The molecule has 1 N–H and O–H groups in total. The summed E-state index contributed by atoms with van der Waals surface area (Å²) in [6.45, 7) is 0. The fraction of sp³-hybridized carbons (Fsp3) is 0.0870. The van der Waals surface area contributed by atoms with E-state index in [1.54, 1.807) is 0 Å². The van der Waals surface area contributed by atoms with Crippen molar-refractivity contribution in [3.63, 3.8) is 0 Å². The molecule has 0 saturated carbocycles. The third kappa shape index (κ3) is 3.00. The van der Waals surface area contributed by atoms with E-state index < -0.39 is 6.04 Å². The van der Waals surface area contributed by atoms with E-state index in [2.05, 4.69) is 22.0 Å². The van der Waals surface area contributed by atoms with Crippen LogP contribution in [-0.4, -0.2) is 10.4 Å². The van der Waals surface area contributed by atoms with Crippen LogP contribution in [0.2, 0.25) is 0 Å². The Morgan fingerprint density at radius 1 is 0.846 bits per heavy atom. The molecule has 3 nitrogen and oxygen atoms in total. The molecule has 0 fully saturated rings. The van der Waals surface area contributed by atoms with E-state index >= 15 is 0 Å². The number of hydrogen-bond acceptors (Lipinski definition) is 2. The number of ketones is 1. The zero-order valence-corrected chi connectivity index (χ0v) is 14.6. The van der Waals surface area contributed by atoms with Crippen molar-refractivity contribution in [1.82, 2.24) is 4.57 Å². The molecule has 0 radical (unpaired) electrons. The number of aromatic nitrogens is 1. The first-order chi connectivity index (χ1) is 12.7. The second kappa shape index (κ2) is 6.89. The maximum atomic E-state index is 13.3. The van der Waals surface area contributed by atoms with Crippen LogP contribution in [0.4, 0.5) is 5.69 Å². The number of para-hydroxylation sites is 2. The number of carbonyl (C=O) groups is 1. The van der Waals surface area contributed by atoms with Gasteiger partial charge >= 0.3 is 0 Å². The lowest BCUT2D eigenvalue weighted by molar-refractivity contribution is 0.0970. The van der Waals surface area contributed by atoms with E-state index in [9.17, 15) is 4.79 Å². The Kier molecular flexibility index (Phi) is 4.28. The highest BCUT2D eigenvalue weighted by Crippen LogP contribution is 2.31. The van der Waals surface area contributed by atoms with Crippen molar-refractivity contribution >= 4 is 22.4 Å². The average Bonchev–Trinajstić information content (AvgIpc) is 3.04. The summed E-state index contributed by atoms with van der Waals surface area (Å²) in [5.41, 5.74) is 3.73. The molecule has 1 unspecified atom stereocenters. The summed E-state index contributed by atoms with van der Waals surface area (Å²) < 4.78 is 2.07. The molecule has 26 heavy (non-hydrogen) atoms. The van der Waals surface area contributed by atoms with Gasteiger partial charge in [-0.05, 0) is 18.2 Å². The molecule has 0 aliphatic heterocycles. The molecule has 3 heteroatoms. The summed E-state index contributed by atoms with van der Waals surface area (Å²) in [5, 5.41) is 4.53. The summed E-state index contributed by atoms with van der Waals surface area (Å²) in [5.74, 6) is 0.0609. The lowest BCUT2D eigenvalue weighted by Crippen LogP contribution is -2.21. The van der Waals surface area contributed by atoms with Crippen molar-refractivity contribution in [2.24, 2.45) is 7.05 Å². The lowest BCUT2D eigenvalue weighted by Gasteiger charge is -2.19. The van der Waals surface area contributed by atoms with Gasteiger partial charge in [0.1, 0.15) is 6.04 Å². The van der Waals surface area contributed by atoms with Crippen LogP contribution in [0.5, 0.6) is 0 Å². The number of nitrogens with zero attached hydrogens (tertiary/aromatic N) is 1. The van der Waals surface area contributed by atoms with Gasteiger partial charge in [-0.2, -0.15) is 0 Å². The Hall–Kier alpha value is -3.33. The Morgan fingerprint density at radius 2 is 1.46 bits per heavy atom. The zero-order valence-electron chi connectivity index (χ0n) is 14.6. The van der Waals surface area contributed by atoms with Gasteiger partial charge in [0.05, 0.1) is 0 Å². The maximum absolute atomic E-state index is 13.3. The van der Waals surface area contributed by atoms with Crippen LogP contribution in [0.3, 0.4) is 0 Å². The molecular weight excluding hydrogens is 320 g/mol. The summed E-state index contributed by atoms with van der Waals surface area (Å²) in [6.07, 6.45) is 2.05. The predicted octanol–water partition coefficient (Wildman–Crippen LogP) is 5.21. The Bertz CT molecular complexity index is 1040. The number of rotatable bonds is 5. The van der Waals surface area contributed by atoms with Gasteiger partial charge < -0.3 is 9.88 Å². The molecule has 4 rings (SSSR count). The minimum absolute atomic E-state index is 0.0609. The highest BCUT2D eigenvalue weighted by molar-refractivity contribution is 6.04. The van der Waals surface area contributed by atoms with E-state index in [4.69, 9.17) is 0 Å². The largest absolute Gasteiger partial charge is 0.371 e. The minimum Gasteiger partial charge on any atom is -0.371 e. The molecule has 0 amide bonds. The van der Waals surface area contributed by atoms with Gasteiger partial charge in [0, 0.05) is 41.0 Å². The van der Waals surface area contributed by atoms with Crippen LogP contribution in [-0.2, 0) is 7.05 Å². The number of hydrogen-bond donors (Lipinski definition) is 1. The molecule has 0 bridgehead atoms. The first kappa shape index (κ1) is 16.2. The van der Waals surface area contributed by atoms with Gasteiger partial charge in [-0.1, -0.05) is 66.7 Å². The van der Waals surface area contributed by atoms with Crippen molar-refractivity contribution in [3.8, 4) is 0 Å². The van der Waals surface area contributed by atoms with E-state index in [1.165, 1.54) is 0 Å². The van der Waals surface area contributed by atoms with Crippen molar-refractivity contribution in [2.75, 3.05) is 5.32 Å². The number of fused-ring (bicyclic) bond motifs is 1. The number of aryl methyl sites for hydroxylation is 1. The monoisotopic (exact) mass is 340 g/mol. The maximum Gasteiger partial charge on any atom is 0.189 e. The van der Waals surface area contributed by atoms with Crippen LogP contribution in [0.25, 0.3) is 10.9 Å². The molecule has 0 aliphatic rings. The summed E-state index contributed by atoms with van der Waals surface area (Å²) in [4.78, 5) is 13.3. The SMILES string of the molecule is Cn1cc(C(Nc2ccccc2)C(=O)c2ccccc2)c2ccccc21. The van der Waals surface area contributed by atoms with Crippen LogP contribution >= 0.6 is 0 Å². The van der Waals surface area contributed by atoms with Gasteiger partial charge in [0.15, 0.2) is 5.78 Å². The van der Waals surface area contributed by atoms with Crippen LogP contribution < -0.4 is 5.32 Å². The minimum atomic E-state index is -0.453. The molecule has 0 saturated heterocycles. The normalized spacial score (nSPS) is 12.0. The number of carbonyl (C=O) groups excluding carboxylic acids is 1. The number of nitrogens with one attached hydrogen (secondary N) is 1. The molecule has 4 aromatic rings. The second-order valence-electron chi connectivity index (χ2n) is 6.39. The van der Waals surface area contributed by atoms with Crippen molar-refractivity contribution in [2.45, 2.75) is 6.04 Å². The first-order valence-corrected chi connectivity index (χ1v) is 8.69. The van der Waals surface area contributed by atoms with E-state index in [0.29, 0.717) is 5.56 Å². The quantitative estimate of drug-likeness (QED) is 0.506. The summed E-state index contributed by atoms with van der Waals surface area (Å²) >= 11 is 0. The molecule has 128 valence electrons. The highest BCUT2D eigenvalue weighted by atomic mass is 16.1. The fourth-order valence-corrected chi connectivity index (χ4v) is 3.36. The van der Waals surface area contributed by atoms with E-state index in [1.807, 2.05) is 86.0 Å². The van der Waals surface area contributed by atoms with Crippen molar-refractivity contribution < 1.29 is 4.79 Å². The summed E-state index contributed by atoms with van der Waals surface area (Å²) in [7, 11) is 2.01. The van der Waals surface area contributed by atoms with Gasteiger partial charge in [0.25, 0.3) is 0 Å². The van der Waals surface area contributed by atoms with Gasteiger partial charge in [-0.15, -0.1) is 0 Å². The molecule has 1 atom stereocenters. The molecule has 0 aliphatic carbocycles. The molecule has 1 aromatic heterocycles. The molecule has 0 spiro atoms. The standard InChI is InChI=1S/C23H20N2O/c1-25-16-20(19-14-8-9-15-21(19)25)22(24-18-12-6-3-7-13-18)23(26)17-10-4-2-5-11-17/h2-16,22,24H,1H3. The summed E-state index contributed by atoms with van der Waals surface area (Å²) in [6, 6.07) is 27.1. The highest BCUT2D eigenvalue weighted by Gasteiger charge is 2.25. The number of Topliss-reactive ketones (excluding diaryl/α,β-unsaturated/α-hetero) is 1. The molecular formula is C23H20N2O. The topological polar surface area (TPSA) is 34.0 Å². The smallest absolute Gasteiger partial charge is 0.189 e. The molecule has 3 aromatic carbocycles. The molecule has 1 heterocycles. The van der Waals surface area contributed by atoms with Gasteiger partial charge in [-0.3, -0.25) is 4.79 Å². The Labute approximate surface area is 152 Å². The first-order valence-electron chi connectivity index (χ1n) is 8.69. The Morgan fingerprint density at radius 3 is 2.19 bits per heavy atom. The van der Waals surface area contributed by atoms with E-state index in [-0.39, 0.29) is 5.78 Å². The van der Waals surface area contributed by atoms with Gasteiger partial charge in [-0.25, -0.2) is 0 Å². The average molecular weight is 340 g/mol. The third-order valence-corrected chi connectivity index (χ3v) is 4.64. The lowest BCUT2D eigenvalue weighted by atomic mass is 9.96. The van der Waals surface area contributed by atoms with Gasteiger partial charge in [0.2, 0.25) is 0 Å². The van der Waals surface area contributed by atoms with Crippen LogP contribution in [0, 0.1) is 0 Å². The van der Waals surface area contributed by atoms with Crippen molar-refractivity contribution in [1.29, 1.82) is 0 Å². The predicted molar refractivity (Wildman–Crippen MR) is 106 cm³/mol. The Balaban J connectivity index is 1.83. The van der Waals surface area contributed by atoms with Crippen LogP contribution in [0.1, 0.15) is 22.0 Å². The fourth-order valence-electron chi connectivity index (χ4n) is 3.36. The van der Waals surface area contributed by atoms with Crippen LogP contribution in [0.15, 0.2) is 91.1 Å². The third-order valence-electron chi connectivity index (χ3n) is 4.64. The zero-order chi connectivity index (χ0) is 17.9. The van der Waals surface area contributed by atoms with Crippen molar-refractivity contribution in [3.05, 3.63) is 102 Å². The van der Waals surface area contributed by atoms with E-state index in [0.717, 1.165) is 22.2 Å².